The first kappa shape index (κ1) is 9.01. The fraction of sp³-hybridized carbons (Fsp3) is 1.00. The molecule has 0 fully saturated rings. The normalized spacial score (nSPS) is 14.3. The molecule has 0 spiro atoms. The van der Waals surface area contributed by atoms with E-state index in [0.717, 1.165) is 0 Å². The van der Waals surface area contributed by atoms with E-state index in [-0.39, 0.29) is 0 Å². The Balaban J connectivity index is 3.75. The van der Waals surface area contributed by atoms with E-state index in [4.69, 9.17) is 0 Å². The Morgan fingerprint density at radius 2 is 1.56 bits per heavy atom. The van der Waals surface area contributed by atoms with Crippen LogP contribution in [0.3, 0.4) is 0 Å². The molecular weight excluding hydrogens is 145 g/mol. The van der Waals surface area contributed by atoms with Crippen molar-refractivity contribution in [2.45, 2.75) is 31.5 Å². The molecule has 0 aromatic rings. The SMILES string of the molecule is CC(C)([SiH3])CC(F)(F)F. The molecule has 0 unspecified atom stereocenters. The van der Waals surface area contributed by atoms with Gasteiger partial charge in [0.25, 0.3) is 0 Å². The smallest absolute Gasteiger partial charge is 0.171 e. The van der Waals surface area contributed by atoms with Crippen LogP contribution < -0.4 is 0 Å². The molecule has 56 valence electrons. The van der Waals surface area contributed by atoms with Crippen LogP contribution in [0.25, 0.3) is 0 Å². The van der Waals surface area contributed by atoms with Crippen LogP contribution in [0.1, 0.15) is 20.3 Å². The Bertz CT molecular complexity index is 77.4. The van der Waals surface area contributed by atoms with Gasteiger partial charge in [0, 0.05) is 16.7 Å². The second kappa shape index (κ2) is 2.32. The van der Waals surface area contributed by atoms with Crippen molar-refractivity contribution in [3.63, 3.8) is 0 Å². The van der Waals surface area contributed by atoms with Crippen molar-refractivity contribution in [1.29, 1.82) is 0 Å². The zero-order chi connectivity index (χ0) is 7.71. The lowest BCUT2D eigenvalue weighted by molar-refractivity contribution is -0.140. The van der Waals surface area contributed by atoms with E-state index >= 15 is 0 Å². The number of halogens is 3. The molecule has 0 aromatic carbocycles. The minimum Gasteiger partial charge on any atom is -0.171 e. The van der Waals surface area contributed by atoms with Crippen molar-refractivity contribution < 1.29 is 13.2 Å². The van der Waals surface area contributed by atoms with E-state index in [2.05, 4.69) is 0 Å². The van der Waals surface area contributed by atoms with Gasteiger partial charge in [0.15, 0.2) is 0 Å². The summed E-state index contributed by atoms with van der Waals surface area (Å²) < 4.78 is 34.7. The summed E-state index contributed by atoms with van der Waals surface area (Å²) in [6, 6.07) is 0. The van der Waals surface area contributed by atoms with Crippen molar-refractivity contribution in [2.24, 2.45) is 0 Å². The Morgan fingerprint density at radius 1 is 1.22 bits per heavy atom. The van der Waals surface area contributed by atoms with Crippen molar-refractivity contribution in [3.05, 3.63) is 0 Å². The van der Waals surface area contributed by atoms with Crippen molar-refractivity contribution >= 4 is 10.2 Å². The molecule has 0 radical (unpaired) electrons. The molecule has 0 nitrogen and oxygen atoms in total. The van der Waals surface area contributed by atoms with Crippen LogP contribution in [-0.4, -0.2) is 16.4 Å². The molecule has 0 saturated heterocycles. The first-order valence-corrected chi connectivity index (χ1v) is 3.77. The summed E-state index contributed by atoms with van der Waals surface area (Å²) in [4.78, 5) is 0. The third-order valence-electron chi connectivity index (χ3n) is 0.731. The summed E-state index contributed by atoms with van der Waals surface area (Å²) in [6.45, 7) is 3.26. The molecule has 0 saturated carbocycles. The molecule has 0 aliphatic heterocycles. The quantitative estimate of drug-likeness (QED) is 0.505. The summed E-state index contributed by atoms with van der Waals surface area (Å²) in [5.41, 5.74) is 0. The highest BCUT2D eigenvalue weighted by Gasteiger charge is 2.33. The van der Waals surface area contributed by atoms with Gasteiger partial charge in [-0.3, -0.25) is 0 Å². The molecule has 4 heteroatoms. The van der Waals surface area contributed by atoms with Crippen LogP contribution in [0.15, 0.2) is 0 Å². The second-order valence-corrected chi connectivity index (χ2v) is 6.06. The van der Waals surface area contributed by atoms with E-state index in [1.165, 1.54) is 0 Å². The average molecular weight is 156 g/mol. The van der Waals surface area contributed by atoms with Crippen LogP contribution >= 0.6 is 0 Å². The zero-order valence-corrected chi connectivity index (χ0v) is 7.84. The first-order valence-electron chi connectivity index (χ1n) is 2.77. The standard InChI is InChI=1S/C5H11F3Si/c1-4(2,9)3-5(6,7)8/h3H2,1-2,9H3. The summed E-state index contributed by atoms with van der Waals surface area (Å²) >= 11 is 0. The summed E-state index contributed by atoms with van der Waals surface area (Å²) in [5.74, 6) is 0. The number of hydrogen-bond acceptors (Lipinski definition) is 0. The minimum absolute atomic E-state index is 0.502. The average Bonchev–Trinajstić information content (AvgIpc) is 1.14. The van der Waals surface area contributed by atoms with Crippen molar-refractivity contribution in [2.75, 3.05) is 0 Å². The van der Waals surface area contributed by atoms with Gasteiger partial charge >= 0.3 is 6.18 Å². The third kappa shape index (κ3) is 8.01. The van der Waals surface area contributed by atoms with Crippen LogP contribution in [0.4, 0.5) is 13.2 Å². The molecule has 0 aliphatic carbocycles. The molecule has 0 amide bonds. The van der Waals surface area contributed by atoms with Crippen molar-refractivity contribution in [1.82, 2.24) is 0 Å². The summed E-state index contributed by atoms with van der Waals surface area (Å²) in [5, 5.41) is -0.502. The Hall–Kier alpha value is 0.00688. The van der Waals surface area contributed by atoms with Gasteiger partial charge in [-0.2, -0.15) is 13.2 Å². The van der Waals surface area contributed by atoms with Gasteiger partial charge in [0.05, 0.1) is 0 Å². The number of hydrogen-bond donors (Lipinski definition) is 0. The predicted octanol–water partition coefficient (Wildman–Crippen LogP) is 1.50. The molecule has 0 N–H and O–H groups in total. The lowest BCUT2D eigenvalue weighted by Gasteiger charge is -2.19. The maximum atomic E-state index is 11.6. The van der Waals surface area contributed by atoms with Crippen LogP contribution in [0.2, 0.25) is 5.04 Å². The van der Waals surface area contributed by atoms with Crippen LogP contribution in [-0.2, 0) is 0 Å². The maximum absolute atomic E-state index is 11.6. The fourth-order valence-corrected chi connectivity index (χ4v) is 1.00. The Kier molecular flexibility index (Phi) is 2.33. The molecule has 9 heavy (non-hydrogen) atoms. The lowest BCUT2D eigenvalue weighted by Crippen LogP contribution is -2.16. The molecule has 0 bridgehead atoms. The molecule has 0 aliphatic rings. The molecular formula is C5H11F3Si. The van der Waals surface area contributed by atoms with Gasteiger partial charge in [0.2, 0.25) is 0 Å². The van der Waals surface area contributed by atoms with E-state index in [1.807, 2.05) is 0 Å². The van der Waals surface area contributed by atoms with E-state index in [1.54, 1.807) is 13.8 Å². The summed E-state index contributed by atoms with van der Waals surface area (Å²) in [7, 11) is 0.589. The number of rotatable bonds is 1. The highest BCUT2D eigenvalue weighted by molar-refractivity contribution is 6.14. The van der Waals surface area contributed by atoms with Crippen LogP contribution in [0.5, 0.6) is 0 Å². The van der Waals surface area contributed by atoms with Gasteiger partial charge < -0.3 is 0 Å². The highest BCUT2D eigenvalue weighted by Crippen LogP contribution is 2.35. The van der Waals surface area contributed by atoms with Gasteiger partial charge in [0.1, 0.15) is 0 Å². The molecule has 0 aromatic heterocycles. The maximum Gasteiger partial charge on any atom is 0.389 e. The predicted molar refractivity (Wildman–Crippen MR) is 34.7 cm³/mol. The zero-order valence-electron chi connectivity index (χ0n) is 5.84. The topological polar surface area (TPSA) is 0 Å². The van der Waals surface area contributed by atoms with Crippen LogP contribution in [0, 0.1) is 0 Å². The van der Waals surface area contributed by atoms with Gasteiger partial charge in [-0.05, 0) is 5.04 Å². The number of alkyl halides is 3. The Morgan fingerprint density at radius 3 is 1.56 bits per heavy atom. The minimum atomic E-state index is -3.98. The molecule has 0 atom stereocenters. The fourth-order valence-electron chi connectivity index (χ4n) is 0.601. The van der Waals surface area contributed by atoms with Gasteiger partial charge in [-0.15, -0.1) is 0 Å². The largest absolute Gasteiger partial charge is 0.389 e. The third-order valence-corrected chi connectivity index (χ3v) is 1.08. The first-order chi connectivity index (χ1) is 3.71. The monoisotopic (exact) mass is 156 g/mol. The highest BCUT2D eigenvalue weighted by atomic mass is 28.1. The van der Waals surface area contributed by atoms with E-state index < -0.39 is 17.6 Å². The second-order valence-electron chi connectivity index (χ2n) is 3.35. The Labute approximate surface area is 55.9 Å². The molecule has 0 rings (SSSR count). The summed E-state index contributed by atoms with van der Waals surface area (Å²) in [6.07, 6.45) is -4.63. The van der Waals surface area contributed by atoms with Gasteiger partial charge in [-0.1, -0.05) is 13.8 Å². The lowest BCUT2D eigenvalue weighted by atomic mass is 10.1. The van der Waals surface area contributed by atoms with E-state index in [9.17, 15) is 13.2 Å². The van der Waals surface area contributed by atoms with Crippen molar-refractivity contribution in [3.8, 4) is 0 Å². The van der Waals surface area contributed by atoms with E-state index in [0.29, 0.717) is 10.2 Å². The molecule has 0 heterocycles. The van der Waals surface area contributed by atoms with Gasteiger partial charge in [-0.25, -0.2) is 0 Å².